The average molecular weight is 495 g/mol. The minimum absolute atomic E-state index is 0.00433. The molecule has 35 heavy (non-hydrogen) atoms. The fraction of sp³-hybridized carbons (Fsp3) is 0.931. The molecule has 2 rings (SSSR count). The van der Waals surface area contributed by atoms with Crippen LogP contribution < -0.4 is 10.6 Å². The zero-order valence-electron chi connectivity index (χ0n) is 24.1. The van der Waals surface area contributed by atoms with Crippen LogP contribution in [0.1, 0.15) is 133 Å². The highest BCUT2D eigenvalue weighted by Gasteiger charge is 2.46. The van der Waals surface area contributed by atoms with Gasteiger partial charge in [-0.2, -0.15) is 0 Å². The van der Waals surface area contributed by atoms with E-state index in [1.54, 1.807) is 0 Å². The van der Waals surface area contributed by atoms with E-state index >= 15 is 0 Å². The second-order valence-corrected chi connectivity index (χ2v) is 13.8. The first-order chi connectivity index (χ1) is 16.0. The van der Waals surface area contributed by atoms with Gasteiger partial charge in [0, 0.05) is 35.9 Å². The summed E-state index contributed by atoms with van der Waals surface area (Å²) >= 11 is 0. The second kappa shape index (κ2) is 11.9. The van der Waals surface area contributed by atoms with E-state index in [1.807, 2.05) is 6.92 Å². The summed E-state index contributed by atoms with van der Waals surface area (Å²) in [7, 11) is 0. The van der Waals surface area contributed by atoms with Crippen molar-refractivity contribution in [3.05, 3.63) is 0 Å². The van der Waals surface area contributed by atoms with Gasteiger partial charge < -0.3 is 20.1 Å². The van der Waals surface area contributed by atoms with Crippen LogP contribution >= 0.6 is 0 Å². The molecule has 0 saturated carbocycles. The van der Waals surface area contributed by atoms with Crippen molar-refractivity contribution in [1.29, 1.82) is 0 Å². The first-order valence-corrected chi connectivity index (χ1v) is 14.0. The van der Waals surface area contributed by atoms with Crippen LogP contribution in [0.5, 0.6) is 0 Å². The molecule has 6 heteroatoms. The topological polar surface area (TPSA) is 76.7 Å². The van der Waals surface area contributed by atoms with Crippen LogP contribution in [0.25, 0.3) is 0 Å². The van der Waals surface area contributed by atoms with Gasteiger partial charge in [0.05, 0.1) is 11.5 Å². The molecule has 0 aliphatic carbocycles. The van der Waals surface area contributed by atoms with E-state index < -0.39 is 0 Å². The van der Waals surface area contributed by atoms with Crippen molar-refractivity contribution in [2.45, 2.75) is 167 Å². The maximum absolute atomic E-state index is 12.6. The van der Waals surface area contributed by atoms with Crippen LogP contribution in [-0.2, 0) is 19.1 Å². The van der Waals surface area contributed by atoms with Crippen LogP contribution in [0.3, 0.4) is 0 Å². The Bertz CT molecular complexity index is 713. The molecule has 2 heterocycles. The molecule has 0 aromatic heterocycles. The van der Waals surface area contributed by atoms with Gasteiger partial charge in [0.25, 0.3) is 0 Å². The molecule has 2 aliphatic heterocycles. The van der Waals surface area contributed by atoms with E-state index in [9.17, 15) is 9.59 Å². The molecule has 2 N–H and O–H groups in total. The van der Waals surface area contributed by atoms with E-state index in [2.05, 4.69) is 66.0 Å². The zero-order chi connectivity index (χ0) is 26.5. The molecule has 6 nitrogen and oxygen atoms in total. The smallest absolute Gasteiger partial charge is 0.308 e. The monoisotopic (exact) mass is 494 g/mol. The van der Waals surface area contributed by atoms with Gasteiger partial charge in [0.2, 0.25) is 0 Å². The van der Waals surface area contributed by atoms with E-state index in [0.29, 0.717) is 6.42 Å². The zero-order valence-corrected chi connectivity index (χ0v) is 24.1. The third-order valence-electron chi connectivity index (χ3n) is 7.64. The molecular weight excluding hydrogens is 440 g/mol. The summed E-state index contributed by atoms with van der Waals surface area (Å²) in [5.41, 5.74) is -0.167. The van der Waals surface area contributed by atoms with Gasteiger partial charge in [-0.1, -0.05) is 32.6 Å². The number of ether oxygens (including phenoxy) is 2. The fourth-order valence-electron chi connectivity index (χ4n) is 6.10. The Morgan fingerprint density at radius 2 is 1.40 bits per heavy atom. The lowest BCUT2D eigenvalue weighted by Crippen LogP contribution is -2.50. The highest BCUT2D eigenvalue weighted by atomic mass is 16.5. The number of hydrogen-bond donors (Lipinski definition) is 2. The maximum Gasteiger partial charge on any atom is 0.308 e. The van der Waals surface area contributed by atoms with E-state index in [0.717, 1.165) is 64.2 Å². The van der Waals surface area contributed by atoms with Gasteiger partial charge >= 0.3 is 11.9 Å². The molecule has 204 valence electrons. The average Bonchev–Trinajstić information content (AvgIpc) is 2.82. The lowest BCUT2D eigenvalue weighted by atomic mass is 9.96. The van der Waals surface area contributed by atoms with Crippen molar-refractivity contribution in [1.82, 2.24) is 10.6 Å². The molecule has 0 aromatic rings. The summed E-state index contributed by atoms with van der Waals surface area (Å²) in [5, 5.41) is 7.25. The highest BCUT2D eigenvalue weighted by Crippen LogP contribution is 2.33. The Balaban J connectivity index is 1.56. The molecule has 2 aliphatic rings. The van der Waals surface area contributed by atoms with Crippen LogP contribution in [-0.4, -0.2) is 46.3 Å². The molecule has 0 spiro atoms. The largest absolute Gasteiger partial charge is 0.462 e. The molecule has 3 unspecified atom stereocenters. The first-order valence-electron chi connectivity index (χ1n) is 14.0. The standard InChI is InChI=1S/C29H54N2O4/c1-21(25(33)35-23-20-28(6,7)31-29(23,8)9)15-13-11-10-12-14-16-24(32)34-22-17-18-26(2,3)30-27(4,5)19-22/h21-23,30-31H,10-20H2,1-9H3. The third kappa shape index (κ3) is 10.4. The van der Waals surface area contributed by atoms with Crippen LogP contribution in [0, 0.1) is 5.92 Å². The Morgan fingerprint density at radius 3 is 2.03 bits per heavy atom. The number of carbonyl (C=O) groups is 2. The predicted octanol–water partition coefficient (Wildman–Crippen LogP) is 6.06. The van der Waals surface area contributed by atoms with Gasteiger partial charge in [0.15, 0.2) is 0 Å². The van der Waals surface area contributed by atoms with Gasteiger partial charge in [-0.25, -0.2) is 0 Å². The first kappa shape index (κ1) is 30.1. The third-order valence-corrected chi connectivity index (χ3v) is 7.64. The Hall–Kier alpha value is -1.14. The van der Waals surface area contributed by atoms with Crippen LogP contribution in [0.4, 0.5) is 0 Å². The summed E-state index contributed by atoms with van der Waals surface area (Å²) in [6, 6.07) is 0. The summed E-state index contributed by atoms with van der Waals surface area (Å²) in [4.78, 5) is 25.0. The van der Waals surface area contributed by atoms with Gasteiger partial charge in [-0.3, -0.25) is 9.59 Å². The Morgan fingerprint density at radius 1 is 0.800 bits per heavy atom. The Labute approximate surface area is 215 Å². The summed E-state index contributed by atoms with van der Waals surface area (Å²) in [6.45, 7) is 19.3. The SMILES string of the molecule is CC(CCCCCCCC(=O)OC1CCC(C)(C)NC(C)(C)C1)C(=O)OC1CC(C)(C)NC1(C)C. The van der Waals surface area contributed by atoms with Gasteiger partial charge in [-0.15, -0.1) is 0 Å². The molecule has 2 saturated heterocycles. The number of esters is 2. The van der Waals surface area contributed by atoms with E-state index in [4.69, 9.17) is 9.47 Å². The number of hydrogen-bond acceptors (Lipinski definition) is 6. The summed E-state index contributed by atoms with van der Waals surface area (Å²) < 4.78 is 11.7. The lowest BCUT2D eigenvalue weighted by Gasteiger charge is -2.34. The minimum Gasteiger partial charge on any atom is -0.462 e. The highest BCUT2D eigenvalue weighted by molar-refractivity contribution is 5.72. The van der Waals surface area contributed by atoms with Crippen LogP contribution in [0.2, 0.25) is 0 Å². The summed E-state index contributed by atoms with van der Waals surface area (Å²) in [5.74, 6) is -0.215. The van der Waals surface area contributed by atoms with E-state index in [-0.39, 0.29) is 52.2 Å². The number of carbonyl (C=O) groups excluding carboxylic acids is 2. The summed E-state index contributed by atoms with van der Waals surface area (Å²) in [6.07, 6.45) is 9.96. The number of rotatable bonds is 11. The van der Waals surface area contributed by atoms with Crippen molar-refractivity contribution in [3.63, 3.8) is 0 Å². The number of nitrogens with one attached hydrogen (secondary N) is 2. The van der Waals surface area contributed by atoms with Gasteiger partial charge in [-0.05, 0) is 81.1 Å². The molecule has 0 aromatic carbocycles. The molecule has 2 fully saturated rings. The van der Waals surface area contributed by atoms with Crippen molar-refractivity contribution >= 4 is 11.9 Å². The molecule has 0 bridgehead atoms. The van der Waals surface area contributed by atoms with Crippen molar-refractivity contribution in [2.24, 2.45) is 5.92 Å². The van der Waals surface area contributed by atoms with Crippen molar-refractivity contribution < 1.29 is 19.1 Å². The van der Waals surface area contributed by atoms with Gasteiger partial charge in [0.1, 0.15) is 12.2 Å². The lowest BCUT2D eigenvalue weighted by molar-refractivity contribution is -0.156. The normalized spacial score (nSPS) is 27.6. The molecular formula is C29H54N2O4. The van der Waals surface area contributed by atoms with Crippen molar-refractivity contribution in [2.75, 3.05) is 0 Å². The molecule has 0 amide bonds. The maximum atomic E-state index is 12.6. The second-order valence-electron chi connectivity index (χ2n) is 13.8. The van der Waals surface area contributed by atoms with Crippen LogP contribution in [0.15, 0.2) is 0 Å². The fourth-order valence-corrected chi connectivity index (χ4v) is 6.10. The molecule has 3 atom stereocenters. The molecule has 0 radical (unpaired) electrons. The van der Waals surface area contributed by atoms with Crippen molar-refractivity contribution in [3.8, 4) is 0 Å². The van der Waals surface area contributed by atoms with E-state index in [1.165, 1.54) is 0 Å². The predicted molar refractivity (Wildman–Crippen MR) is 142 cm³/mol. The minimum atomic E-state index is -0.195. The quantitative estimate of drug-likeness (QED) is 0.269. The Kier molecular flexibility index (Phi) is 10.3. The number of unbranched alkanes of at least 4 members (excludes halogenated alkanes) is 4.